The summed E-state index contributed by atoms with van der Waals surface area (Å²) in [6.07, 6.45) is 1.22. The number of aromatic nitrogens is 2. The molecule has 0 bridgehead atoms. The molecule has 9 heteroatoms. The van der Waals surface area contributed by atoms with Gasteiger partial charge in [0.2, 0.25) is 5.95 Å². The molecule has 2 atom stereocenters. The molecule has 2 fully saturated rings. The zero-order valence-electron chi connectivity index (χ0n) is 15.9. The van der Waals surface area contributed by atoms with Crippen LogP contribution in [-0.4, -0.2) is 56.8 Å². The first-order valence-corrected chi connectivity index (χ1v) is 9.34. The molecule has 3 heterocycles. The smallest absolute Gasteiger partial charge is 0.407 e. The Hall–Kier alpha value is -3.10. The molecular weight excluding hydrogens is 362 g/mol. The average Bonchev–Trinajstić information content (AvgIpc) is 3.29. The number of amides is 1. The molecule has 4 rings (SSSR count). The molecule has 2 aliphatic rings. The van der Waals surface area contributed by atoms with Crippen LogP contribution in [0.3, 0.4) is 0 Å². The number of rotatable bonds is 4. The van der Waals surface area contributed by atoms with Gasteiger partial charge in [-0.2, -0.15) is 0 Å². The first kappa shape index (κ1) is 18.3. The van der Waals surface area contributed by atoms with E-state index < -0.39 is 11.0 Å². The molecule has 9 nitrogen and oxygen atoms in total. The number of likely N-dealkylation sites (tertiary alicyclic amines) is 1. The van der Waals surface area contributed by atoms with Gasteiger partial charge in [-0.05, 0) is 19.9 Å². The van der Waals surface area contributed by atoms with Gasteiger partial charge >= 0.3 is 6.09 Å². The van der Waals surface area contributed by atoms with Gasteiger partial charge in [0, 0.05) is 56.7 Å². The highest BCUT2D eigenvalue weighted by Gasteiger charge is 2.42. The van der Waals surface area contributed by atoms with Crippen LogP contribution in [-0.2, 0) is 6.54 Å². The lowest BCUT2D eigenvalue weighted by Crippen LogP contribution is -2.33. The molecule has 0 aliphatic carbocycles. The van der Waals surface area contributed by atoms with E-state index in [2.05, 4.69) is 11.0 Å². The number of carboxylic acid groups (broad SMARTS) is 1. The summed E-state index contributed by atoms with van der Waals surface area (Å²) < 4.78 is 2.02. The van der Waals surface area contributed by atoms with E-state index >= 15 is 0 Å². The van der Waals surface area contributed by atoms with E-state index in [1.807, 2.05) is 18.4 Å². The molecule has 2 aromatic rings. The van der Waals surface area contributed by atoms with Crippen molar-refractivity contribution in [3.63, 3.8) is 0 Å². The number of allylic oxidation sites excluding steroid dienone is 2. The molecule has 1 amide bonds. The molecule has 28 heavy (non-hydrogen) atoms. The lowest BCUT2D eigenvalue weighted by Gasteiger charge is -2.22. The number of fused-ring (bicyclic) bond motifs is 2. The molecule has 0 spiro atoms. The van der Waals surface area contributed by atoms with E-state index in [0.29, 0.717) is 31.5 Å². The van der Waals surface area contributed by atoms with Gasteiger partial charge < -0.3 is 19.5 Å². The Morgan fingerprint density at radius 3 is 2.54 bits per heavy atom. The lowest BCUT2D eigenvalue weighted by atomic mass is 10.0. The van der Waals surface area contributed by atoms with Gasteiger partial charge in [-0.15, -0.1) is 0 Å². The topological polar surface area (TPSA) is 105 Å². The van der Waals surface area contributed by atoms with Crippen molar-refractivity contribution in [2.45, 2.75) is 20.4 Å². The predicted octanol–water partition coefficient (Wildman–Crippen LogP) is 2.96. The molecule has 1 aromatic heterocycles. The van der Waals surface area contributed by atoms with Gasteiger partial charge in [0.25, 0.3) is 5.69 Å². The molecule has 0 radical (unpaired) electrons. The van der Waals surface area contributed by atoms with Gasteiger partial charge in [0.05, 0.1) is 16.0 Å². The summed E-state index contributed by atoms with van der Waals surface area (Å²) >= 11 is 0. The number of benzene rings is 1. The van der Waals surface area contributed by atoms with Crippen molar-refractivity contribution in [3.05, 3.63) is 40.0 Å². The molecule has 2 saturated heterocycles. The minimum Gasteiger partial charge on any atom is -0.465 e. The minimum atomic E-state index is -0.857. The fraction of sp³-hybridized carbons (Fsp3) is 0.474. The number of hydrogen-bond donors (Lipinski definition) is 1. The Morgan fingerprint density at radius 1 is 1.29 bits per heavy atom. The minimum absolute atomic E-state index is 0.0489. The standard InChI is InChI=1S/C19H23N5O4/c1-12(2)5-6-23-17-7-15(24(27)28)3-4-16(17)20-18(23)21-8-13-10-22(19(25)26)11-14(13)9-21/h3-5,7,13-14H,6,8-11H2,1-2H3,(H,25,26). The maximum absolute atomic E-state index is 11.2. The normalized spacial score (nSPS) is 21.2. The summed E-state index contributed by atoms with van der Waals surface area (Å²) in [4.78, 5) is 30.5. The van der Waals surface area contributed by atoms with Gasteiger partial charge in [-0.1, -0.05) is 11.6 Å². The second kappa shape index (κ2) is 6.81. The highest BCUT2D eigenvalue weighted by atomic mass is 16.6. The van der Waals surface area contributed by atoms with Crippen LogP contribution >= 0.6 is 0 Å². The van der Waals surface area contributed by atoms with Gasteiger partial charge in [-0.3, -0.25) is 10.1 Å². The van der Waals surface area contributed by atoms with E-state index in [1.165, 1.54) is 11.0 Å². The third kappa shape index (κ3) is 3.17. The molecular formula is C19H23N5O4. The van der Waals surface area contributed by atoms with Crippen molar-refractivity contribution in [1.29, 1.82) is 0 Å². The summed E-state index contributed by atoms with van der Waals surface area (Å²) in [6, 6.07) is 4.75. The van der Waals surface area contributed by atoms with E-state index in [4.69, 9.17) is 4.98 Å². The van der Waals surface area contributed by atoms with Gasteiger partial charge in [0.1, 0.15) is 0 Å². The fourth-order valence-corrected chi connectivity index (χ4v) is 4.22. The summed E-state index contributed by atoms with van der Waals surface area (Å²) in [5, 5.41) is 20.4. The van der Waals surface area contributed by atoms with E-state index in [1.54, 1.807) is 12.1 Å². The second-order valence-electron chi connectivity index (χ2n) is 7.85. The highest BCUT2D eigenvalue weighted by molar-refractivity contribution is 5.81. The third-order valence-electron chi connectivity index (χ3n) is 5.64. The average molecular weight is 385 g/mol. The maximum atomic E-state index is 11.2. The molecule has 2 aliphatic heterocycles. The predicted molar refractivity (Wildman–Crippen MR) is 105 cm³/mol. The highest BCUT2D eigenvalue weighted by Crippen LogP contribution is 2.35. The molecule has 1 aromatic carbocycles. The maximum Gasteiger partial charge on any atom is 0.407 e. The quantitative estimate of drug-likeness (QED) is 0.493. The van der Waals surface area contributed by atoms with E-state index in [9.17, 15) is 20.0 Å². The first-order valence-electron chi connectivity index (χ1n) is 9.34. The number of anilines is 1. The van der Waals surface area contributed by atoms with Crippen LogP contribution in [0, 0.1) is 22.0 Å². The van der Waals surface area contributed by atoms with Crippen molar-refractivity contribution in [2.75, 3.05) is 31.1 Å². The molecule has 148 valence electrons. The summed E-state index contributed by atoms with van der Waals surface area (Å²) in [7, 11) is 0. The number of non-ortho nitro benzene ring substituents is 1. The van der Waals surface area contributed by atoms with Crippen LogP contribution in [0.15, 0.2) is 29.8 Å². The van der Waals surface area contributed by atoms with Crippen LogP contribution in [0.5, 0.6) is 0 Å². The number of imidazole rings is 1. The van der Waals surface area contributed by atoms with E-state index in [-0.39, 0.29) is 5.69 Å². The SMILES string of the molecule is CC(C)=CCn1c(N2CC3CN(C(=O)O)CC3C2)nc2ccc([N+](=O)[O-])cc21. The van der Waals surface area contributed by atoms with Crippen LogP contribution < -0.4 is 4.90 Å². The van der Waals surface area contributed by atoms with Gasteiger partial charge in [0.15, 0.2) is 0 Å². The summed E-state index contributed by atoms with van der Waals surface area (Å²) in [5.74, 6) is 1.38. The van der Waals surface area contributed by atoms with Crippen LogP contribution in [0.4, 0.5) is 16.4 Å². The van der Waals surface area contributed by atoms with Crippen molar-refractivity contribution in [2.24, 2.45) is 11.8 Å². The Bertz CT molecular complexity index is 964. The number of hydrogen-bond acceptors (Lipinski definition) is 5. The Labute approximate surface area is 162 Å². The van der Waals surface area contributed by atoms with Crippen LogP contribution in [0.25, 0.3) is 11.0 Å². The van der Waals surface area contributed by atoms with Crippen LogP contribution in [0.1, 0.15) is 13.8 Å². The monoisotopic (exact) mass is 385 g/mol. The fourth-order valence-electron chi connectivity index (χ4n) is 4.22. The summed E-state index contributed by atoms with van der Waals surface area (Å²) in [6.45, 7) is 7.21. The zero-order chi connectivity index (χ0) is 20.0. The number of nitro groups is 1. The largest absolute Gasteiger partial charge is 0.465 e. The number of carbonyl (C=O) groups is 1. The van der Waals surface area contributed by atoms with Crippen molar-refractivity contribution < 1.29 is 14.8 Å². The number of nitro benzene ring substituents is 1. The Morgan fingerprint density at radius 2 is 1.96 bits per heavy atom. The molecule has 0 saturated carbocycles. The Balaban J connectivity index is 1.69. The van der Waals surface area contributed by atoms with Crippen LogP contribution in [0.2, 0.25) is 0 Å². The zero-order valence-corrected chi connectivity index (χ0v) is 15.9. The van der Waals surface area contributed by atoms with E-state index in [0.717, 1.165) is 35.6 Å². The lowest BCUT2D eigenvalue weighted by molar-refractivity contribution is -0.384. The molecule has 2 unspecified atom stereocenters. The van der Waals surface area contributed by atoms with Gasteiger partial charge in [-0.25, -0.2) is 9.78 Å². The third-order valence-corrected chi connectivity index (χ3v) is 5.64. The van der Waals surface area contributed by atoms with Crippen molar-refractivity contribution in [1.82, 2.24) is 14.5 Å². The summed E-state index contributed by atoms with van der Waals surface area (Å²) in [5.41, 5.74) is 2.68. The molecule has 1 N–H and O–H groups in total. The van der Waals surface area contributed by atoms with Crippen molar-refractivity contribution >= 4 is 28.8 Å². The number of nitrogens with zero attached hydrogens (tertiary/aromatic N) is 5. The Kier molecular flexibility index (Phi) is 4.44. The first-order chi connectivity index (χ1) is 13.3. The van der Waals surface area contributed by atoms with Crippen molar-refractivity contribution in [3.8, 4) is 0 Å². The second-order valence-corrected chi connectivity index (χ2v) is 7.85.